The zero-order valence-corrected chi connectivity index (χ0v) is 13.0. The summed E-state index contributed by atoms with van der Waals surface area (Å²) < 4.78 is 24.9. The molecule has 0 fully saturated rings. The lowest BCUT2D eigenvalue weighted by atomic mass is 10.1. The molecule has 2 rings (SSSR count). The largest absolute Gasteiger partial charge is 0.367 e. The standard InChI is InChI=1S/C13H15ClF2N4S/c1-8-7-21-13(17-8)12-19-10(14)6-11(20-12)18-9(2-4-15)3-5-16/h6-7,9H,2-5H2,1H3,(H,18,19,20). The summed E-state index contributed by atoms with van der Waals surface area (Å²) in [7, 11) is 0. The number of aryl methyl sites for hydroxylation is 1. The van der Waals surface area contributed by atoms with Crippen LogP contribution in [0.3, 0.4) is 0 Å². The lowest BCUT2D eigenvalue weighted by Crippen LogP contribution is -2.21. The first-order valence-electron chi connectivity index (χ1n) is 6.48. The predicted molar refractivity (Wildman–Crippen MR) is 81.5 cm³/mol. The predicted octanol–water partition coefficient (Wildman–Crippen LogP) is 4.06. The molecule has 4 nitrogen and oxygen atoms in total. The van der Waals surface area contributed by atoms with Gasteiger partial charge in [-0.1, -0.05) is 11.6 Å². The minimum absolute atomic E-state index is 0.219. The van der Waals surface area contributed by atoms with E-state index in [2.05, 4.69) is 20.3 Å². The van der Waals surface area contributed by atoms with Crippen LogP contribution >= 0.6 is 22.9 Å². The van der Waals surface area contributed by atoms with Gasteiger partial charge in [0.25, 0.3) is 0 Å². The normalized spacial score (nSPS) is 11.1. The molecule has 0 saturated heterocycles. The Morgan fingerprint density at radius 1 is 1.24 bits per heavy atom. The van der Waals surface area contributed by atoms with Crippen molar-refractivity contribution in [2.45, 2.75) is 25.8 Å². The van der Waals surface area contributed by atoms with E-state index in [4.69, 9.17) is 11.6 Å². The molecule has 1 N–H and O–H groups in total. The van der Waals surface area contributed by atoms with Gasteiger partial charge in [-0.2, -0.15) is 0 Å². The SMILES string of the molecule is Cc1csc(-c2nc(Cl)cc(NC(CCF)CCF)n2)n1. The van der Waals surface area contributed by atoms with Crippen LogP contribution in [0.15, 0.2) is 11.4 Å². The molecule has 114 valence electrons. The number of hydrogen-bond acceptors (Lipinski definition) is 5. The minimum atomic E-state index is -0.519. The fourth-order valence-corrected chi connectivity index (χ4v) is 2.72. The molecule has 2 aromatic rings. The molecule has 0 spiro atoms. The Bertz CT molecular complexity index is 587. The van der Waals surface area contributed by atoms with Crippen molar-refractivity contribution in [3.8, 4) is 10.8 Å². The summed E-state index contributed by atoms with van der Waals surface area (Å²) >= 11 is 7.40. The third-order valence-corrected chi connectivity index (χ3v) is 3.92. The molecule has 8 heteroatoms. The number of nitrogens with zero attached hydrogens (tertiary/aromatic N) is 3. The van der Waals surface area contributed by atoms with E-state index in [1.54, 1.807) is 0 Å². The van der Waals surface area contributed by atoms with E-state index in [0.717, 1.165) is 5.69 Å². The highest BCUT2D eigenvalue weighted by Gasteiger charge is 2.13. The monoisotopic (exact) mass is 332 g/mol. The number of alkyl halides is 2. The fourth-order valence-electron chi connectivity index (χ4n) is 1.81. The second-order valence-corrected chi connectivity index (χ2v) is 5.74. The van der Waals surface area contributed by atoms with E-state index in [-0.39, 0.29) is 24.0 Å². The van der Waals surface area contributed by atoms with Crippen LogP contribution in [0.4, 0.5) is 14.6 Å². The van der Waals surface area contributed by atoms with Crippen molar-refractivity contribution in [3.63, 3.8) is 0 Å². The summed E-state index contributed by atoms with van der Waals surface area (Å²) in [5.41, 5.74) is 0.876. The summed E-state index contributed by atoms with van der Waals surface area (Å²) in [5.74, 6) is 0.854. The molecule has 0 aliphatic heterocycles. The molecular formula is C13H15ClF2N4S. The Labute approximate surface area is 130 Å². The Morgan fingerprint density at radius 2 is 1.95 bits per heavy atom. The van der Waals surface area contributed by atoms with Gasteiger partial charge in [0.1, 0.15) is 11.0 Å². The quantitative estimate of drug-likeness (QED) is 0.777. The molecule has 0 aliphatic carbocycles. The molecule has 0 saturated carbocycles. The molecule has 0 aromatic carbocycles. The van der Waals surface area contributed by atoms with Gasteiger partial charge in [0, 0.05) is 23.2 Å². The van der Waals surface area contributed by atoms with Crippen molar-refractivity contribution in [2.24, 2.45) is 0 Å². The van der Waals surface area contributed by atoms with E-state index in [1.807, 2.05) is 12.3 Å². The number of thiazole rings is 1. The zero-order valence-electron chi connectivity index (χ0n) is 11.4. The lowest BCUT2D eigenvalue weighted by Gasteiger charge is -2.16. The van der Waals surface area contributed by atoms with E-state index >= 15 is 0 Å². The van der Waals surface area contributed by atoms with Crippen LogP contribution in [-0.2, 0) is 0 Å². The van der Waals surface area contributed by atoms with E-state index in [0.29, 0.717) is 16.6 Å². The van der Waals surface area contributed by atoms with Crippen molar-refractivity contribution < 1.29 is 8.78 Å². The molecule has 0 unspecified atom stereocenters. The van der Waals surface area contributed by atoms with Gasteiger partial charge >= 0.3 is 0 Å². The molecule has 0 atom stereocenters. The maximum atomic E-state index is 12.5. The van der Waals surface area contributed by atoms with Crippen LogP contribution in [-0.4, -0.2) is 34.3 Å². The van der Waals surface area contributed by atoms with Crippen molar-refractivity contribution in [1.29, 1.82) is 0 Å². The van der Waals surface area contributed by atoms with Crippen LogP contribution in [0.25, 0.3) is 10.8 Å². The third kappa shape index (κ3) is 4.57. The fraction of sp³-hybridized carbons (Fsp3) is 0.462. The smallest absolute Gasteiger partial charge is 0.192 e. The van der Waals surface area contributed by atoms with Gasteiger partial charge in [0.2, 0.25) is 0 Å². The average Bonchev–Trinajstić information content (AvgIpc) is 2.85. The number of hydrogen-bond donors (Lipinski definition) is 1. The maximum Gasteiger partial charge on any atom is 0.192 e. The summed E-state index contributed by atoms with van der Waals surface area (Å²) in [6.45, 7) is 0.840. The lowest BCUT2D eigenvalue weighted by molar-refractivity contribution is 0.397. The number of halogens is 3. The van der Waals surface area contributed by atoms with E-state index in [1.165, 1.54) is 17.4 Å². The van der Waals surface area contributed by atoms with Crippen LogP contribution in [0.2, 0.25) is 5.15 Å². The highest BCUT2D eigenvalue weighted by molar-refractivity contribution is 7.13. The first kappa shape index (κ1) is 16.0. The molecule has 21 heavy (non-hydrogen) atoms. The van der Waals surface area contributed by atoms with E-state index < -0.39 is 13.3 Å². The van der Waals surface area contributed by atoms with Gasteiger partial charge in [-0.25, -0.2) is 15.0 Å². The number of nitrogens with one attached hydrogen (secondary N) is 1. The van der Waals surface area contributed by atoms with Gasteiger partial charge in [-0.05, 0) is 19.8 Å². The van der Waals surface area contributed by atoms with Gasteiger partial charge in [0.15, 0.2) is 10.8 Å². The first-order valence-corrected chi connectivity index (χ1v) is 7.73. The van der Waals surface area contributed by atoms with Gasteiger partial charge in [-0.15, -0.1) is 11.3 Å². The zero-order chi connectivity index (χ0) is 15.2. The van der Waals surface area contributed by atoms with Gasteiger partial charge in [0.05, 0.1) is 13.3 Å². The van der Waals surface area contributed by atoms with Crippen LogP contribution in [0, 0.1) is 6.92 Å². The van der Waals surface area contributed by atoms with E-state index in [9.17, 15) is 8.78 Å². The number of anilines is 1. The highest BCUT2D eigenvalue weighted by atomic mass is 35.5. The number of aromatic nitrogens is 3. The Morgan fingerprint density at radius 3 is 2.52 bits per heavy atom. The van der Waals surface area contributed by atoms with Crippen LogP contribution < -0.4 is 5.32 Å². The molecular weight excluding hydrogens is 318 g/mol. The Hall–Kier alpha value is -1.34. The second kappa shape index (κ2) is 7.61. The van der Waals surface area contributed by atoms with Crippen LogP contribution in [0.5, 0.6) is 0 Å². The second-order valence-electron chi connectivity index (χ2n) is 4.49. The molecule has 0 radical (unpaired) electrons. The third-order valence-electron chi connectivity index (χ3n) is 2.77. The molecule has 0 aliphatic rings. The highest BCUT2D eigenvalue weighted by Crippen LogP contribution is 2.24. The average molecular weight is 333 g/mol. The van der Waals surface area contributed by atoms with Crippen molar-refractivity contribution >= 4 is 28.8 Å². The van der Waals surface area contributed by atoms with Crippen molar-refractivity contribution in [1.82, 2.24) is 15.0 Å². The van der Waals surface area contributed by atoms with Gasteiger partial charge < -0.3 is 5.32 Å². The molecule has 2 heterocycles. The van der Waals surface area contributed by atoms with Crippen molar-refractivity contribution in [2.75, 3.05) is 18.7 Å². The Kier molecular flexibility index (Phi) is 5.81. The number of rotatable bonds is 7. The first-order chi connectivity index (χ1) is 10.1. The summed E-state index contributed by atoms with van der Waals surface area (Å²) in [6.07, 6.45) is 0.439. The van der Waals surface area contributed by atoms with Crippen molar-refractivity contribution in [3.05, 3.63) is 22.3 Å². The summed E-state index contributed by atoms with van der Waals surface area (Å²) in [5, 5.41) is 5.81. The maximum absolute atomic E-state index is 12.5. The molecule has 0 amide bonds. The van der Waals surface area contributed by atoms with Gasteiger partial charge in [-0.3, -0.25) is 8.78 Å². The topological polar surface area (TPSA) is 50.7 Å². The summed E-state index contributed by atoms with van der Waals surface area (Å²) in [4.78, 5) is 12.8. The molecule has 2 aromatic heterocycles. The summed E-state index contributed by atoms with van der Waals surface area (Å²) in [6, 6.07) is 1.21. The Balaban J connectivity index is 2.22. The minimum Gasteiger partial charge on any atom is -0.367 e. The molecule has 0 bridgehead atoms. The van der Waals surface area contributed by atoms with Crippen LogP contribution in [0.1, 0.15) is 18.5 Å².